The lowest BCUT2D eigenvalue weighted by Gasteiger charge is -2.23. The first-order valence-electron chi connectivity index (χ1n) is 6.75. The van der Waals surface area contributed by atoms with Crippen molar-refractivity contribution in [3.63, 3.8) is 0 Å². The largest absolute Gasteiger partial charge is 0.389 e. The van der Waals surface area contributed by atoms with Gasteiger partial charge in [0.25, 0.3) is 0 Å². The van der Waals surface area contributed by atoms with Gasteiger partial charge in [0.1, 0.15) is 0 Å². The van der Waals surface area contributed by atoms with Gasteiger partial charge < -0.3 is 15.2 Å². The van der Waals surface area contributed by atoms with Gasteiger partial charge in [-0.3, -0.25) is 0 Å². The van der Waals surface area contributed by atoms with E-state index in [9.17, 15) is 5.11 Å². The predicted molar refractivity (Wildman–Crippen MR) is 74.7 cm³/mol. The maximum atomic E-state index is 9.77. The molecule has 0 radical (unpaired) electrons. The number of nitrogens with one attached hydrogen (secondary N) is 1. The zero-order valence-corrected chi connectivity index (χ0v) is 12.0. The molecule has 1 aliphatic rings. The summed E-state index contributed by atoms with van der Waals surface area (Å²) in [7, 11) is 0. The third-order valence-corrected chi connectivity index (χ3v) is 4.26. The van der Waals surface area contributed by atoms with Crippen LogP contribution in [0.3, 0.4) is 0 Å². The number of rotatable bonds is 8. The highest BCUT2D eigenvalue weighted by Gasteiger charge is 2.15. The minimum absolute atomic E-state index is 0.369. The van der Waals surface area contributed by atoms with E-state index in [1.165, 1.54) is 32.1 Å². The van der Waals surface area contributed by atoms with Crippen molar-refractivity contribution < 1.29 is 9.84 Å². The molecule has 0 spiro atoms. The molecule has 0 aromatic carbocycles. The van der Waals surface area contributed by atoms with Gasteiger partial charge >= 0.3 is 0 Å². The summed E-state index contributed by atoms with van der Waals surface area (Å²) >= 11 is 1.84. The SMILES string of the molecule is CSC(C)CNCC(O)COC1CCCCC1. The molecule has 2 N–H and O–H groups in total. The van der Waals surface area contributed by atoms with E-state index in [1.807, 2.05) is 11.8 Å². The summed E-state index contributed by atoms with van der Waals surface area (Å²) in [5, 5.41) is 13.6. The molecule has 3 nitrogen and oxygen atoms in total. The van der Waals surface area contributed by atoms with Gasteiger partial charge in [-0.1, -0.05) is 26.2 Å². The van der Waals surface area contributed by atoms with Crippen LogP contribution in [0.1, 0.15) is 39.0 Å². The molecule has 0 amide bonds. The van der Waals surface area contributed by atoms with Crippen molar-refractivity contribution in [2.75, 3.05) is 26.0 Å². The molecule has 102 valence electrons. The third kappa shape index (κ3) is 7.29. The van der Waals surface area contributed by atoms with Crippen LogP contribution in [0.4, 0.5) is 0 Å². The van der Waals surface area contributed by atoms with Crippen LogP contribution in [0.2, 0.25) is 0 Å². The van der Waals surface area contributed by atoms with Crippen LogP contribution >= 0.6 is 11.8 Å². The quantitative estimate of drug-likeness (QED) is 0.701. The molecule has 17 heavy (non-hydrogen) atoms. The number of hydrogen-bond donors (Lipinski definition) is 2. The summed E-state index contributed by atoms with van der Waals surface area (Å²) in [5.74, 6) is 0. The number of thioether (sulfide) groups is 1. The van der Waals surface area contributed by atoms with Crippen LogP contribution in [-0.2, 0) is 4.74 Å². The lowest BCUT2D eigenvalue weighted by atomic mass is 9.98. The molecule has 1 fully saturated rings. The van der Waals surface area contributed by atoms with Crippen LogP contribution in [-0.4, -0.2) is 48.5 Å². The molecular weight excluding hydrogens is 234 g/mol. The zero-order valence-electron chi connectivity index (χ0n) is 11.2. The molecular formula is C13H27NO2S. The number of ether oxygens (including phenoxy) is 1. The van der Waals surface area contributed by atoms with E-state index >= 15 is 0 Å². The smallest absolute Gasteiger partial charge is 0.0897 e. The normalized spacial score (nSPS) is 21.4. The van der Waals surface area contributed by atoms with Gasteiger partial charge in [-0.2, -0.15) is 11.8 Å². The highest BCUT2D eigenvalue weighted by atomic mass is 32.2. The van der Waals surface area contributed by atoms with Crippen LogP contribution < -0.4 is 5.32 Å². The molecule has 0 saturated heterocycles. The van der Waals surface area contributed by atoms with E-state index < -0.39 is 0 Å². The Kier molecular flexibility index (Phi) is 8.27. The molecule has 4 heteroatoms. The Bertz CT molecular complexity index is 186. The average molecular weight is 261 g/mol. The van der Waals surface area contributed by atoms with Gasteiger partial charge in [-0.15, -0.1) is 0 Å². The number of aliphatic hydroxyl groups excluding tert-OH is 1. The summed E-state index contributed by atoms with van der Waals surface area (Å²) in [6.45, 7) is 4.24. The van der Waals surface area contributed by atoms with Crippen molar-refractivity contribution >= 4 is 11.8 Å². The van der Waals surface area contributed by atoms with Crippen LogP contribution in [0.25, 0.3) is 0 Å². The van der Waals surface area contributed by atoms with Gasteiger partial charge in [0, 0.05) is 18.3 Å². The van der Waals surface area contributed by atoms with E-state index in [4.69, 9.17) is 4.74 Å². The maximum Gasteiger partial charge on any atom is 0.0897 e. The molecule has 1 rings (SSSR count). The molecule has 0 bridgehead atoms. The monoisotopic (exact) mass is 261 g/mol. The van der Waals surface area contributed by atoms with Crippen molar-refractivity contribution in [2.24, 2.45) is 0 Å². The summed E-state index contributed by atoms with van der Waals surface area (Å²) in [5.41, 5.74) is 0. The first-order valence-corrected chi connectivity index (χ1v) is 8.04. The van der Waals surface area contributed by atoms with Crippen molar-refractivity contribution in [1.29, 1.82) is 0 Å². The van der Waals surface area contributed by atoms with Crippen LogP contribution in [0, 0.1) is 0 Å². The summed E-state index contributed by atoms with van der Waals surface area (Å²) < 4.78 is 5.73. The van der Waals surface area contributed by atoms with Crippen LogP contribution in [0.5, 0.6) is 0 Å². The van der Waals surface area contributed by atoms with Crippen molar-refractivity contribution in [3.05, 3.63) is 0 Å². The van der Waals surface area contributed by atoms with Gasteiger partial charge in [-0.25, -0.2) is 0 Å². The first kappa shape index (κ1) is 15.3. The summed E-state index contributed by atoms with van der Waals surface area (Å²) in [6.07, 6.45) is 8.38. The second-order valence-corrected chi connectivity index (χ2v) is 6.23. The Balaban J connectivity index is 1.98. The second-order valence-electron chi connectivity index (χ2n) is 4.95. The van der Waals surface area contributed by atoms with Gasteiger partial charge in [0.2, 0.25) is 0 Å². The fraction of sp³-hybridized carbons (Fsp3) is 1.00. The molecule has 0 aliphatic heterocycles. The maximum absolute atomic E-state index is 9.77. The third-order valence-electron chi connectivity index (χ3n) is 3.29. The number of hydrogen-bond acceptors (Lipinski definition) is 4. The lowest BCUT2D eigenvalue weighted by Crippen LogP contribution is -2.35. The minimum atomic E-state index is -0.369. The first-order chi connectivity index (χ1) is 8.22. The van der Waals surface area contributed by atoms with Gasteiger partial charge in [0.05, 0.1) is 18.8 Å². The van der Waals surface area contributed by atoms with Gasteiger partial charge in [-0.05, 0) is 19.1 Å². The molecule has 0 heterocycles. The lowest BCUT2D eigenvalue weighted by molar-refractivity contribution is -0.0228. The fourth-order valence-corrected chi connectivity index (χ4v) is 2.36. The van der Waals surface area contributed by atoms with E-state index in [2.05, 4.69) is 18.5 Å². The number of aliphatic hydroxyl groups is 1. The Hall–Kier alpha value is 0.230. The molecule has 1 aliphatic carbocycles. The predicted octanol–water partition coefficient (Wildman–Crippen LogP) is 2.04. The summed E-state index contributed by atoms with van der Waals surface area (Å²) in [6, 6.07) is 0. The molecule has 1 saturated carbocycles. The zero-order chi connectivity index (χ0) is 12.5. The summed E-state index contributed by atoms with van der Waals surface area (Å²) in [4.78, 5) is 0. The highest BCUT2D eigenvalue weighted by molar-refractivity contribution is 7.99. The topological polar surface area (TPSA) is 41.5 Å². The van der Waals surface area contributed by atoms with E-state index in [1.54, 1.807) is 0 Å². The minimum Gasteiger partial charge on any atom is -0.389 e. The molecule has 2 unspecified atom stereocenters. The van der Waals surface area contributed by atoms with Crippen molar-refractivity contribution in [1.82, 2.24) is 5.32 Å². The van der Waals surface area contributed by atoms with Crippen LogP contribution in [0.15, 0.2) is 0 Å². The van der Waals surface area contributed by atoms with Crippen molar-refractivity contribution in [3.8, 4) is 0 Å². The van der Waals surface area contributed by atoms with E-state index in [-0.39, 0.29) is 6.10 Å². The fourth-order valence-electron chi connectivity index (χ4n) is 2.07. The van der Waals surface area contributed by atoms with E-state index in [0.29, 0.717) is 24.5 Å². The Morgan fingerprint density at radius 2 is 2.00 bits per heavy atom. The highest BCUT2D eigenvalue weighted by Crippen LogP contribution is 2.20. The van der Waals surface area contributed by atoms with E-state index in [0.717, 1.165) is 6.54 Å². The Morgan fingerprint density at radius 1 is 1.29 bits per heavy atom. The Labute approximate surface area is 110 Å². The standard InChI is InChI=1S/C13H27NO2S/c1-11(17-2)8-14-9-12(15)10-16-13-6-4-3-5-7-13/h11-15H,3-10H2,1-2H3. The van der Waals surface area contributed by atoms with Crippen molar-refractivity contribution in [2.45, 2.75) is 56.5 Å². The Morgan fingerprint density at radius 3 is 2.65 bits per heavy atom. The second kappa shape index (κ2) is 9.20. The molecule has 0 aromatic rings. The molecule has 0 aromatic heterocycles. The average Bonchev–Trinajstić information content (AvgIpc) is 2.37. The molecule has 2 atom stereocenters. The van der Waals surface area contributed by atoms with Gasteiger partial charge in [0.15, 0.2) is 0 Å².